The van der Waals surface area contributed by atoms with Gasteiger partial charge in [0.05, 0.1) is 12.8 Å². The summed E-state index contributed by atoms with van der Waals surface area (Å²) in [4.78, 5) is 14.5. The molecule has 2 aromatic carbocycles. The summed E-state index contributed by atoms with van der Waals surface area (Å²) >= 11 is 0. The van der Waals surface area contributed by atoms with E-state index >= 15 is 0 Å². The molecule has 0 saturated heterocycles. The Hall–Kier alpha value is -2.95. The predicted octanol–water partition coefficient (Wildman–Crippen LogP) is 3.45. The van der Waals surface area contributed by atoms with Gasteiger partial charge in [-0.15, -0.1) is 0 Å². The molecule has 0 atom stereocenters. The second-order valence-electron chi connectivity index (χ2n) is 5.57. The number of nitrogens with two attached hydrogens (primary N) is 1. The van der Waals surface area contributed by atoms with Crippen molar-refractivity contribution in [2.75, 3.05) is 24.3 Å². The number of ether oxygens (including phenoxy) is 2. The van der Waals surface area contributed by atoms with Crippen molar-refractivity contribution in [2.24, 2.45) is 0 Å². The number of anilines is 2. The van der Waals surface area contributed by atoms with Crippen molar-refractivity contribution >= 4 is 23.4 Å². The number of rotatable bonds is 4. The molecule has 2 N–H and O–H groups in total. The van der Waals surface area contributed by atoms with Crippen molar-refractivity contribution < 1.29 is 14.3 Å². The molecule has 1 heterocycles. The van der Waals surface area contributed by atoms with Gasteiger partial charge in [-0.25, -0.2) is 0 Å². The molecule has 5 heteroatoms. The van der Waals surface area contributed by atoms with Crippen molar-refractivity contribution in [1.29, 1.82) is 0 Å². The maximum Gasteiger partial charge on any atom is 0.294 e. The van der Waals surface area contributed by atoms with E-state index in [1.165, 1.54) is 0 Å². The number of fused-ring (bicyclic) bond motifs is 1. The van der Waals surface area contributed by atoms with Crippen LogP contribution in [0.1, 0.15) is 18.9 Å². The van der Waals surface area contributed by atoms with Gasteiger partial charge in [-0.05, 0) is 48.4 Å². The molecule has 0 radical (unpaired) electrons. The fourth-order valence-corrected chi connectivity index (χ4v) is 2.62. The second kappa shape index (κ2) is 6.66. The molecular formula is C19H20N2O3. The van der Waals surface area contributed by atoms with E-state index in [1.807, 2.05) is 31.2 Å². The van der Waals surface area contributed by atoms with E-state index in [0.717, 1.165) is 17.7 Å². The van der Waals surface area contributed by atoms with E-state index in [9.17, 15) is 4.79 Å². The Bertz CT molecular complexity index is 782. The van der Waals surface area contributed by atoms with Crippen LogP contribution in [0.15, 0.2) is 48.2 Å². The molecule has 0 bridgehead atoms. The Kier molecular flexibility index (Phi) is 4.42. The first-order valence-corrected chi connectivity index (χ1v) is 7.87. The van der Waals surface area contributed by atoms with E-state index in [-0.39, 0.29) is 5.91 Å². The second-order valence-corrected chi connectivity index (χ2v) is 5.57. The first-order valence-electron chi connectivity index (χ1n) is 7.87. The summed E-state index contributed by atoms with van der Waals surface area (Å²) in [6, 6.07) is 12.8. The van der Waals surface area contributed by atoms with Gasteiger partial charge in [0.2, 0.25) is 0 Å². The third-order valence-corrected chi connectivity index (χ3v) is 3.81. The molecule has 3 rings (SSSR count). The SMILES string of the molecule is CCCN1C(=O)/C(=C\c2ccc(OC)cc2)Oc2ccc(N)cc21. The van der Waals surface area contributed by atoms with E-state index in [2.05, 4.69) is 0 Å². The van der Waals surface area contributed by atoms with Crippen molar-refractivity contribution in [3.8, 4) is 11.5 Å². The number of amides is 1. The third-order valence-electron chi connectivity index (χ3n) is 3.81. The minimum Gasteiger partial charge on any atom is -0.497 e. The van der Waals surface area contributed by atoms with Crippen LogP contribution < -0.4 is 20.1 Å². The minimum absolute atomic E-state index is 0.161. The topological polar surface area (TPSA) is 64.8 Å². The first kappa shape index (κ1) is 15.9. The van der Waals surface area contributed by atoms with Crippen LogP contribution in [0.5, 0.6) is 11.5 Å². The van der Waals surface area contributed by atoms with Crippen LogP contribution in [-0.4, -0.2) is 19.6 Å². The number of carbonyl (C=O) groups excluding carboxylic acids is 1. The van der Waals surface area contributed by atoms with Gasteiger partial charge < -0.3 is 20.1 Å². The molecule has 0 fully saturated rings. The van der Waals surface area contributed by atoms with E-state index in [0.29, 0.717) is 29.4 Å². The predicted molar refractivity (Wildman–Crippen MR) is 95.1 cm³/mol. The van der Waals surface area contributed by atoms with Gasteiger partial charge in [0.1, 0.15) is 5.75 Å². The fourth-order valence-electron chi connectivity index (χ4n) is 2.62. The van der Waals surface area contributed by atoms with Crippen LogP contribution in [0.4, 0.5) is 11.4 Å². The highest BCUT2D eigenvalue weighted by Crippen LogP contribution is 2.37. The first-order chi connectivity index (χ1) is 11.6. The largest absolute Gasteiger partial charge is 0.497 e. The number of benzene rings is 2. The molecule has 1 amide bonds. The molecule has 0 unspecified atom stereocenters. The lowest BCUT2D eigenvalue weighted by molar-refractivity contribution is -0.117. The molecule has 0 spiro atoms. The smallest absolute Gasteiger partial charge is 0.294 e. The number of hydrogen-bond acceptors (Lipinski definition) is 4. The molecular weight excluding hydrogens is 304 g/mol. The van der Waals surface area contributed by atoms with Crippen molar-refractivity contribution in [3.63, 3.8) is 0 Å². The number of carbonyl (C=O) groups is 1. The van der Waals surface area contributed by atoms with Gasteiger partial charge in [0.25, 0.3) is 5.91 Å². The summed E-state index contributed by atoms with van der Waals surface area (Å²) in [6.45, 7) is 2.64. The monoisotopic (exact) mass is 324 g/mol. The molecule has 24 heavy (non-hydrogen) atoms. The maximum absolute atomic E-state index is 12.8. The van der Waals surface area contributed by atoms with Crippen LogP contribution in [-0.2, 0) is 4.79 Å². The Morgan fingerprint density at radius 2 is 1.96 bits per heavy atom. The molecule has 5 nitrogen and oxygen atoms in total. The highest BCUT2D eigenvalue weighted by Gasteiger charge is 2.29. The van der Waals surface area contributed by atoms with E-state index in [4.69, 9.17) is 15.2 Å². The zero-order valence-corrected chi connectivity index (χ0v) is 13.8. The van der Waals surface area contributed by atoms with Gasteiger partial charge in [0, 0.05) is 12.2 Å². The van der Waals surface area contributed by atoms with Gasteiger partial charge in [0.15, 0.2) is 11.5 Å². The van der Waals surface area contributed by atoms with Crippen LogP contribution in [0.3, 0.4) is 0 Å². The number of methoxy groups -OCH3 is 1. The quantitative estimate of drug-likeness (QED) is 0.691. The maximum atomic E-state index is 12.8. The van der Waals surface area contributed by atoms with E-state index in [1.54, 1.807) is 36.3 Å². The normalized spacial score (nSPS) is 15.2. The highest BCUT2D eigenvalue weighted by molar-refractivity contribution is 6.10. The lowest BCUT2D eigenvalue weighted by Crippen LogP contribution is -2.37. The van der Waals surface area contributed by atoms with Crippen molar-refractivity contribution in [3.05, 3.63) is 53.8 Å². The molecule has 0 aromatic heterocycles. The van der Waals surface area contributed by atoms with Crippen LogP contribution >= 0.6 is 0 Å². The van der Waals surface area contributed by atoms with Crippen LogP contribution in [0, 0.1) is 0 Å². The summed E-state index contributed by atoms with van der Waals surface area (Å²) < 4.78 is 11.0. The number of hydrogen-bond donors (Lipinski definition) is 1. The fraction of sp³-hybridized carbons (Fsp3) is 0.211. The molecule has 0 saturated carbocycles. The van der Waals surface area contributed by atoms with Gasteiger partial charge in [-0.3, -0.25) is 4.79 Å². The summed E-state index contributed by atoms with van der Waals surface area (Å²) in [6.07, 6.45) is 2.58. The molecule has 0 aliphatic carbocycles. The average molecular weight is 324 g/mol. The van der Waals surface area contributed by atoms with Gasteiger partial charge in [-0.2, -0.15) is 0 Å². The summed E-state index contributed by atoms with van der Waals surface area (Å²) in [7, 11) is 1.62. The molecule has 124 valence electrons. The lowest BCUT2D eigenvalue weighted by Gasteiger charge is -2.30. The Morgan fingerprint density at radius 3 is 2.62 bits per heavy atom. The van der Waals surface area contributed by atoms with Gasteiger partial charge >= 0.3 is 0 Å². The zero-order valence-electron chi connectivity index (χ0n) is 13.8. The Labute approximate surface area is 141 Å². The Morgan fingerprint density at radius 1 is 1.21 bits per heavy atom. The average Bonchev–Trinajstić information content (AvgIpc) is 2.60. The third kappa shape index (κ3) is 3.06. The minimum atomic E-state index is -0.161. The molecule has 1 aliphatic heterocycles. The standard InChI is InChI=1S/C19H20N2O3/c1-3-10-21-16-12-14(20)6-9-17(16)24-18(19(21)22)11-13-4-7-15(23-2)8-5-13/h4-9,11-12H,3,10,20H2,1-2H3/b18-11+. The number of nitrogens with zero attached hydrogens (tertiary/aromatic N) is 1. The van der Waals surface area contributed by atoms with Crippen molar-refractivity contribution in [2.45, 2.75) is 13.3 Å². The van der Waals surface area contributed by atoms with Crippen LogP contribution in [0.25, 0.3) is 6.08 Å². The van der Waals surface area contributed by atoms with Gasteiger partial charge in [-0.1, -0.05) is 19.1 Å². The highest BCUT2D eigenvalue weighted by atomic mass is 16.5. The van der Waals surface area contributed by atoms with E-state index < -0.39 is 0 Å². The lowest BCUT2D eigenvalue weighted by atomic mass is 10.1. The van der Waals surface area contributed by atoms with Crippen LogP contribution in [0.2, 0.25) is 0 Å². The number of nitrogen functional groups attached to an aromatic ring is 1. The summed E-state index contributed by atoms with van der Waals surface area (Å²) in [5, 5.41) is 0. The summed E-state index contributed by atoms with van der Waals surface area (Å²) in [5.74, 6) is 1.54. The molecule has 2 aromatic rings. The molecule has 1 aliphatic rings. The Balaban J connectivity index is 1.98. The zero-order chi connectivity index (χ0) is 17.1. The summed E-state index contributed by atoms with van der Waals surface area (Å²) in [5.41, 5.74) is 8.04. The van der Waals surface area contributed by atoms with Crippen molar-refractivity contribution in [1.82, 2.24) is 0 Å².